The molecule has 0 atom stereocenters. The van der Waals surface area contributed by atoms with Crippen molar-refractivity contribution in [2.75, 3.05) is 13.7 Å². The maximum Gasteiger partial charge on any atom is 0.224 e. The molecule has 3 rings (SSSR count). The van der Waals surface area contributed by atoms with Gasteiger partial charge in [-0.25, -0.2) is 0 Å². The molecule has 0 bridgehead atoms. The first kappa shape index (κ1) is 22.9. The zero-order valence-electron chi connectivity index (χ0n) is 16.7. The van der Waals surface area contributed by atoms with E-state index in [1.165, 1.54) is 0 Å². The average molecular weight is 627 g/mol. The second kappa shape index (κ2) is 11.5. The van der Waals surface area contributed by atoms with Crippen molar-refractivity contribution in [2.45, 2.75) is 19.4 Å². The summed E-state index contributed by atoms with van der Waals surface area (Å²) in [4.78, 5) is 12.3. The molecule has 1 amide bonds. The third-order valence-electron chi connectivity index (χ3n) is 4.51. The van der Waals surface area contributed by atoms with Gasteiger partial charge in [-0.3, -0.25) is 4.79 Å². The Morgan fingerprint density at radius 1 is 0.900 bits per heavy atom. The van der Waals surface area contributed by atoms with Crippen LogP contribution in [0.3, 0.4) is 0 Å². The number of benzene rings is 3. The first-order valence-corrected chi connectivity index (χ1v) is 11.7. The van der Waals surface area contributed by atoms with Gasteiger partial charge < -0.3 is 14.8 Å². The quantitative estimate of drug-likeness (QED) is 0.324. The van der Waals surface area contributed by atoms with E-state index in [9.17, 15) is 4.79 Å². The summed E-state index contributed by atoms with van der Waals surface area (Å²) in [7, 11) is 1.66. The minimum Gasteiger partial charge on any atom is -0.495 e. The zero-order chi connectivity index (χ0) is 21.3. The fourth-order valence-electron chi connectivity index (χ4n) is 3.04. The van der Waals surface area contributed by atoms with E-state index in [4.69, 9.17) is 9.47 Å². The summed E-state index contributed by atoms with van der Waals surface area (Å²) in [6, 6.07) is 22.1. The van der Waals surface area contributed by atoms with Crippen LogP contribution in [0, 0.1) is 7.14 Å². The molecular weight excluding hydrogens is 604 g/mol. The van der Waals surface area contributed by atoms with E-state index in [-0.39, 0.29) is 5.91 Å². The number of nitrogens with one attached hydrogen (secondary N) is 1. The van der Waals surface area contributed by atoms with Crippen LogP contribution in [-0.4, -0.2) is 19.6 Å². The monoisotopic (exact) mass is 627 g/mol. The van der Waals surface area contributed by atoms with Gasteiger partial charge in [0.2, 0.25) is 5.91 Å². The summed E-state index contributed by atoms with van der Waals surface area (Å²) in [5.74, 6) is 1.71. The minimum absolute atomic E-state index is 0.0169. The van der Waals surface area contributed by atoms with E-state index in [1.807, 2.05) is 60.7 Å². The van der Waals surface area contributed by atoms with Crippen molar-refractivity contribution >= 4 is 51.1 Å². The SMILES string of the molecule is COc1c(I)cc(CC(=O)NCCc2cccc(OCc3ccccc3)c2)cc1I. The third-order valence-corrected chi connectivity index (χ3v) is 6.11. The molecular formula is C24H23I2NO3. The number of carbonyl (C=O) groups is 1. The normalized spacial score (nSPS) is 10.5. The van der Waals surface area contributed by atoms with E-state index >= 15 is 0 Å². The summed E-state index contributed by atoms with van der Waals surface area (Å²) < 4.78 is 13.3. The molecule has 0 saturated heterocycles. The molecule has 0 aromatic heterocycles. The zero-order valence-corrected chi connectivity index (χ0v) is 21.0. The van der Waals surface area contributed by atoms with Crippen LogP contribution in [0.2, 0.25) is 0 Å². The number of hydrogen-bond donors (Lipinski definition) is 1. The van der Waals surface area contributed by atoms with Gasteiger partial charge in [0.25, 0.3) is 0 Å². The molecule has 0 spiro atoms. The lowest BCUT2D eigenvalue weighted by Gasteiger charge is -2.10. The van der Waals surface area contributed by atoms with Crippen molar-refractivity contribution in [1.82, 2.24) is 5.32 Å². The van der Waals surface area contributed by atoms with Gasteiger partial charge in [0, 0.05) is 6.54 Å². The van der Waals surface area contributed by atoms with Crippen LogP contribution in [0.4, 0.5) is 0 Å². The number of hydrogen-bond acceptors (Lipinski definition) is 3. The van der Waals surface area contributed by atoms with Crippen molar-refractivity contribution in [1.29, 1.82) is 0 Å². The molecule has 4 nitrogen and oxygen atoms in total. The van der Waals surface area contributed by atoms with E-state index in [1.54, 1.807) is 7.11 Å². The molecule has 0 fully saturated rings. The number of rotatable bonds is 9. The maximum atomic E-state index is 12.3. The molecule has 0 radical (unpaired) electrons. The van der Waals surface area contributed by atoms with Crippen molar-refractivity contribution in [3.05, 3.63) is 90.6 Å². The summed E-state index contributed by atoms with van der Waals surface area (Å²) >= 11 is 4.47. The molecule has 1 N–H and O–H groups in total. The molecule has 30 heavy (non-hydrogen) atoms. The lowest BCUT2D eigenvalue weighted by atomic mass is 10.1. The van der Waals surface area contributed by atoms with Gasteiger partial charge in [0.15, 0.2) is 0 Å². The summed E-state index contributed by atoms with van der Waals surface area (Å²) in [5.41, 5.74) is 3.26. The predicted molar refractivity (Wildman–Crippen MR) is 136 cm³/mol. The number of carbonyl (C=O) groups excluding carboxylic acids is 1. The first-order valence-electron chi connectivity index (χ1n) is 9.59. The number of amides is 1. The highest BCUT2D eigenvalue weighted by Crippen LogP contribution is 2.28. The van der Waals surface area contributed by atoms with Gasteiger partial charge in [0.05, 0.1) is 20.7 Å². The van der Waals surface area contributed by atoms with Gasteiger partial charge in [-0.05, 0) is 92.6 Å². The summed E-state index contributed by atoms with van der Waals surface area (Å²) in [6.45, 7) is 1.13. The highest BCUT2D eigenvalue weighted by atomic mass is 127. The van der Waals surface area contributed by atoms with Crippen molar-refractivity contribution < 1.29 is 14.3 Å². The first-order chi connectivity index (χ1) is 14.5. The van der Waals surface area contributed by atoms with Gasteiger partial charge in [0.1, 0.15) is 18.1 Å². The summed E-state index contributed by atoms with van der Waals surface area (Å²) in [5, 5.41) is 3.01. The average Bonchev–Trinajstić information content (AvgIpc) is 2.73. The van der Waals surface area contributed by atoms with Crippen LogP contribution in [0.15, 0.2) is 66.7 Å². The van der Waals surface area contributed by atoms with Crippen LogP contribution in [0.25, 0.3) is 0 Å². The summed E-state index contributed by atoms with van der Waals surface area (Å²) in [6.07, 6.45) is 1.11. The smallest absolute Gasteiger partial charge is 0.224 e. The molecule has 6 heteroatoms. The van der Waals surface area contributed by atoms with Crippen molar-refractivity contribution in [3.8, 4) is 11.5 Å². The van der Waals surface area contributed by atoms with E-state index < -0.39 is 0 Å². The lowest BCUT2D eigenvalue weighted by molar-refractivity contribution is -0.120. The van der Waals surface area contributed by atoms with Crippen LogP contribution in [0.1, 0.15) is 16.7 Å². The molecule has 156 valence electrons. The Morgan fingerprint density at radius 3 is 2.30 bits per heavy atom. The molecule has 3 aromatic rings. The van der Waals surface area contributed by atoms with Crippen LogP contribution < -0.4 is 14.8 Å². The van der Waals surface area contributed by atoms with Gasteiger partial charge in [-0.1, -0.05) is 42.5 Å². The predicted octanol–water partition coefficient (Wildman–Crippen LogP) is 5.38. The van der Waals surface area contributed by atoms with Crippen LogP contribution in [0.5, 0.6) is 11.5 Å². The number of methoxy groups -OCH3 is 1. The largest absolute Gasteiger partial charge is 0.495 e. The lowest BCUT2D eigenvalue weighted by Crippen LogP contribution is -2.27. The Bertz CT molecular complexity index is 970. The molecule has 0 aliphatic carbocycles. The van der Waals surface area contributed by atoms with Gasteiger partial charge in [-0.15, -0.1) is 0 Å². The molecule has 0 heterocycles. The fraction of sp³-hybridized carbons (Fsp3) is 0.208. The van der Waals surface area contributed by atoms with Crippen LogP contribution >= 0.6 is 45.2 Å². The molecule has 0 aliphatic heterocycles. The van der Waals surface area contributed by atoms with E-state index in [0.717, 1.165) is 41.8 Å². The van der Waals surface area contributed by atoms with Gasteiger partial charge >= 0.3 is 0 Å². The standard InChI is InChI=1S/C24H23I2NO3/c1-29-24-21(25)13-19(14-22(24)26)15-23(28)27-11-10-17-8-5-9-20(12-17)30-16-18-6-3-2-4-7-18/h2-9,12-14H,10-11,15-16H2,1H3,(H,27,28). The highest BCUT2D eigenvalue weighted by Gasteiger charge is 2.10. The Hall–Kier alpha value is -1.81. The van der Waals surface area contributed by atoms with Gasteiger partial charge in [-0.2, -0.15) is 0 Å². The Balaban J connectivity index is 1.47. The molecule has 0 saturated carbocycles. The van der Waals surface area contributed by atoms with Crippen molar-refractivity contribution in [2.24, 2.45) is 0 Å². The number of ether oxygens (including phenoxy) is 2. The van der Waals surface area contributed by atoms with Crippen molar-refractivity contribution in [3.63, 3.8) is 0 Å². The van der Waals surface area contributed by atoms with E-state index in [0.29, 0.717) is 19.6 Å². The van der Waals surface area contributed by atoms with E-state index in [2.05, 4.69) is 56.6 Å². The second-order valence-corrected chi connectivity index (χ2v) is 9.12. The second-order valence-electron chi connectivity index (χ2n) is 6.79. The Labute approximate surface area is 204 Å². The molecule has 0 aliphatic rings. The molecule has 0 unspecified atom stereocenters. The topological polar surface area (TPSA) is 47.6 Å². The highest BCUT2D eigenvalue weighted by molar-refractivity contribution is 14.1. The third kappa shape index (κ3) is 6.87. The fourth-order valence-corrected chi connectivity index (χ4v) is 5.37. The molecule has 3 aromatic carbocycles. The Morgan fingerprint density at radius 2 is 1.60 bits per heavy atom. The maximum absolute atomic E-state index is 12.3. The minimum atomic E-state index is 0.0169. The Kier molecular flexibility index (Phi) is 8.80. The van der Waals surface area contributed by atoms with Crippen LogP contribution in [-0.2, 0) is 24.2 Å². The number of halogens is 2.